The number of fused-ring (bicyclic) bond motifs is 3. The molecular weight excluding hydrogens is 448 g/mol. The second-order valence-electron chi connectivity index (χ2n) is 8.75. The minimum Gasteiger partial charge on any atom is -0.481 e. The van der Waals surface area contributed by atoms with E-state index in [9.17, 15) is 19.5 Å². The van der Waals surface area contributed by atoms with Crippen LogP contribution in [0.25, 0.3) is 11.1 Å². The fourth-order valence-corrected chi connectivity index (χ4v) is 4.84. The van der Waals surface area contributed by atoms with E-state index >= 15 is 0 Å². The number of alkyl carbamates (subject to hydrolysis) is 1. The molecule has 1 heterocycles. The van der Waals surface area contributed by atoms with Crippen molar-refractivity contribution in [2.45, 2.75) is 37.3 Å². The monoisotopic (exact) mass is 478 g/mol. The third-order valence-electron chi connectivity index (χ3n) is 6.51. The highest BCUT2D eigenvalue weighted by molar-refractivity contribution is 5.86. The van der Waals surface area contributed by atoms with Crippen LogP contribution in [-0.4, -0.2) is 66.4 Å². The molecule has 0 saturated carbocycles. The second-order valence-corrected chi connectivity index (χ2v) is 8.75. The fourth-order valence-electron chi connectivity index (χ4n) is 4.84. The van der Waals surface area contributed by atoms with E-state index in [2.05, 4.69) is 24.0 Å². The molecule has 0 radical (unpaired) electrons. The molecule has 2 amide bonds. The normalized spacial score (nSPS) is 17.7. The lowest BCUT2D eigenvalue weighted by molar-refractivity contribution is -0.147. The van der Waals surface area contributed by atoms with Gasteiger partial charge in [0.2, 0.25) is 5.91 Å². The molecule has 8 nitrogen and oxygen atoms in total. The Morgan fingerprint density at radius 2 is 1.80 bits per heavy atom. The number of carboxylic acids is 1. The Hall–Kier alpha value is -3.65. The molecule has 0 aromatic heterocycles. The highest BCUT2D eigenvalue weighted by Crippen LogP contribution is 2.44. The van der Waals surface area contributed by atoms with Crippen LogP contribution in [0.4, 0.5) is 4.79 Å². The van der Waals surface area contributed by atoms with Gasteiger partial charge in [0.25, 0.3) is 0 Å². The van der Waals surface area contributed by atoms with E-state index in [0.717, 1.165) is 22.3 Å². The van der Waals surface area contributed by atoms with Gasteiger partial charge in [-0.15, -0.1) is 6.58 Å². The summed E-state index contributed by atoms with van der Waals surface area (Å²) in [5.74, 6) is -1.44. The Labute approximate surface area is 204 Å². The molecule has 2 aromatic rings. The number of carbonyl (C=O) groups is 3. The van der Waals surface area contributed by atoms with E-state index in [1.807, 2.05) is 36.4 Å². The van der Waals surface area contributed by atoms with Crippen LogP contribution in [-0.2, 0) is 19.1 Å². The third-order valence-corrected chi connectivity index (χ3v) is 6.51. The van der Waals surface area contributed by atoms with Crippen LogP contribution < -0.4 is 5.32 Å². The first kappa shape index (κ1) is 24.5. The van der Waals surface area contributed by atoms with Gasteiger partial charge in [-0.05, 0) is 35.1 Å². The Bertz CT molecular complexity index is 1060. The van der Waals surface area contributed by atoms with Crippen molar-refractivity contribution in [3.63, 3.8) is 0 Å². The van der Waals surface area contributed by atoms with Gasteiger partial charge in [-0.1, -0.05) is 54.6 Å². The average molecular weight is 479 g/mol. The number of nitrogens with zero attached hydrogens (tertiary/aromatic N) is 1. The maximum atomic E-state index is 13.3. The quantitative estimate of drug-likeness (QED) is 0.534. The van der Waals surface area contributed by atoms with Crippen LogP contribution in [0.5, 0.6) is 0 Å². The number of hydrogen-bond acceptors (Lipinski definition) is 5. The van der Waals surface area contributed by atoms with Gasteiger partial charge in [0, 0.05) is 12.5 Å². The summed E-state index contributed by atoms with van der Waals surface area (Å²) in [7, 11) is 0. The number of morpholine rings is 1. The van der Waals surface area contributed by atoms with Gasteiger partial charge in [0.05, 0.1) is 25.7 Å². The van der Waals surface area contributed by atoms with E-state index in [0.29, 0.717) is 19.4 Å². The van der Waals surface area contributed by atoms with Crippen molar-refractivity contribution in [1.29, 1.82) is 0 Å². The van der Waals surface area contributed by atoms with Gasteiger partial charge < -0.3 is 24.8 Å². The molecule has 1 fully saturated rings. The van der Waals surface area contributed by atoms with E-state index in [1.54, 1.807) is 6.08 Å². The van der Waals surface area contributed by atoms with Gasteiger partial charge in [-0.2, -0.15) is 0 Å². The molecule has 1 saturated heterocycles. The van der Waals surface area contributed by atoms with Crippen molar-refractivity contribution in [1.82, 2.24) is 10.2 Å². The lowest BCUT2D eigenvalue weighted by Crippen LogP contribution is -2.56. The molecular formula is C27H30N2O6. The van der Waals surface area contributed by atoms with Gasteiger partial charge >= 0.3 is 12.1 Å². The summed E-state index contributed by atoms with van der Waals surface area (Å²) in [5.41, 5.74) is 4.47. The first-order chi connectivity index (χ1) is 17.0. The molecule has 1 aliphatic carbocycles. The summed E-state index contributed by atoms with van der Waals surface area (Å²) in [6.07, 6.45) is 1.62. The Kier molecular flexibility index (Phi) is 7.82. The van der Waals surface area contributed by atoms with E-state index in [1.165, 1.54) is 4.90 Å². The molecule has 2 aliphatic rings. The van der Waals surface area contributed by atoms with E-state index < -0.39 is 24.1 Å². The summed E-state index contributed by atoms with van der Waals surface area (Å²) in [6.45, 7) is 4.58. The summed E-state index contributed by atoms with van der Waals surface area (Å²) in [5, 5.41) is 11.9. The number of hydrogen-bond donors (Lipinski definition) is 2. The highest BCUT2D eigenvalue weighted by atomic mass is 16.5. The van der Waals surface area contributed by atoms with Gasteiger partial charge in [0.15, 0.2) is 0 Å². The lowest BCUT2D eigenvalue weighted by atomic mass is 9.98. The number of rotatable bonds is 9. The second kappa shape index (κ2) is 11.2. The molecule has 8 heteroatoms. The smallest absolute Gasteiger partial charge is 0.407 e. The van der Waals surface area contributed by atoms with Gasteiger partial charge in [-0.3, -0.25) is 9.59 Å². The van der Waals surface area contributed by atoms with Crippen LogP contribution in [0.1, 0.15) is 36.3 Å². The maximum Gasteiger partial charge on any atom is 0.407 e. The van der Waals surface area contributed by atoms with Crippen LogP contribution in [0.3, 0.4) is 0 Å². The predicted molar refractivity (Wildman–Crippen MR) is 130 cm³/mol. The fraction of sp³-hybridized carbons (Fsp3) is 0.370. The van der Waals surface area contributed by atoms with Crippen molar-refractivity contribution in [3.8, 4) is 11.1 Å². The SMILES string of the molecule is C=CCCC(NC(=O)OCC1c2ccccc2-c2ccccc21)C(=O)N1CCOCC1CC(=O)O. The maximum absolute atomic E-state index is 13.3. The number of nitrogens with one attached hydrogen (secondary N) is 1. The number of allylic oxidation sites excluding steroid dienone is 1. The summed E-state index contributed by atoms with van der Waals surface area (Å²) < 4.78 is 11.0. The predicted octanol–water partition coefficient (Wildman–Crippen LogP) is 3.56. The molecule has 184 valence electrons. The Morgan fingerprint density at radius 1 is 1.14 bits per heavy atom. The van der Waals surface area contributed by atoms with Gasteiger partial charge in [0.1, 0.15) is 12.6 Å². The van der Waals surface area contributed by atoms with Crippen LogP contribution >= 0.6 is 0 Å². The van der Waals surface area contributed by atoms with Crippen molar-refractivity contribution >= 4 is 18.0 Å². The summed E-state index contributed by atoms with van der Waals surface area (Å²) in [4.78, 5) is 38.8. The molecule has 2 N–H and O–H groups in total. The molecule has 1 aliphatic heterocycles. The molecule has 4 rings (SSSR count). The van der Waals surface area contributed by atoms with Crippen LogP contribution in [0, 0.1) is 0 Å². The summed E-state index contributed by atoms with van der Waals surface area (Å²) >= 11 is 0. The van der Waals surface area contributed by atoms with Crippen molar-refractivity contribution in [2.24, 2.45) is 0 Å². The molecule has 2 unspecified atom stereocenters. The number of benzene rings is 2. The molecule has 2 aromatic carbocycles. The zero-order valence-electron chi connectivity index (χ0n) is 19.5. The standard InChI is InChI=1S/C27H30N2O6/c1-2-3-12-24(26(32)29-13-14-34-16-18(29)15-25(30)31)28-27(33)35-17-23-21-10-6-4-8-19(21)20-9-5-7-11-22(20)23/h2,4-11,18,23-24H,1,3,12-17H2,(H,28,33)(H,30,31). The molecule has 35 heavy (non-hydrogen) atoms. The van der Waals surface area contributed by atoms with Crippen molar-refractivity contribution in [3.05, 3.63) is 72.3 Å². The van der Waals surface area contributed by atoms with Crippen LogP contribution in [0.15, 0.2) is 61.2 Å². The molecule has 0 spiro atoms. The van der Waals surface area contributed by atoms with E-state index in [4.69, 9.17) is 9.47 Å². The molecule has 0 bridgehead atoms. The van der Waals surface area contributed by atoms with E-state index in [-0.39, 0.29) is 38.0 Å². The Balaban J connectivity index is 1.43. The largest absolute Gasteiger partial charge is 0.481 e. The summed E-state index contributed by atoms with van der Waals surface area (Å²) in [6, 6.07) is 14.7. The third kappa shape index (κ3) is 5.54. The number of carbonyl (C=O) groups excluding carboxylic acids is 2. The first-order valence-corrected chi connectivity index (χ1v) is 11.8. The number of amides is 2. The van der Waals surface area contributed by atoms with Crippen molar-refractivity contribution in [2.75, 3.05) is 26.4 Å². The number of ether oxygens (including phenoxy) is 2. The lowest BCUT2D eigenvalue weighted by Gasteiger charge is -2.37. The van der Waals surface area contributed by atoms with Gasteiger partial charge in [-0.25, -0.2) is 4.79 Å². The topological polar surface area (TPSA) is 105 Å². The highest BCUT2D eigenvalue weighted by Gasteiger charge is 2.34. The first-order valence-electron chi connectivity index (χ1n) is 11.8. The Morgan fingerprint density at radius 3 is 2.43 bits per heavy atom. The van der Waals surface area contributed by atoms with Crippen LogP contribution in [0.2, 0.25) is 0 Å². The zero-order chi connectivity index (χ0) is 24.8. The number of carboxylic acid groups (broad SMARTS) is 1. The number of aliphatic carboxylic acids is 1. The zero-order valence-corrected chi connectivity index (χ0v) is 19.5. The minimum atomic E-state index is -1.01. The van der Waals surface area contributed by atoms with Crippen molar-refractivity contribution < 1.29 is 29.0 Å². The minimum absolute atomic E-state index is 0.0883. The average Bonchev–Trinajstić information content (AvgIpc) is 3.18. The molecule has 2 atom stereocenters.